The monoisotopic (exact) mass is 280 g/mol. The summed E-state index contributed by atoms with van der Waals surface area (Å²) in [5.74, 6) is 0.118. The van der Waals surface area contributed by atoms with Gasteiger partial charge in [0.15, 0.2) is 0 Å². The summed E-state index contributed by atoms with van der Waals surface area (Å²) in [6.07, 6.45) is 15.0. The molecule has 0 aliphatic heterocycles. The Kier molecular flexibility index (Phi) is 8.64. The van der Waals surface area contributed by atoms with Crippen molar-refractivity contribution >= 4 is 5.97 Å². The van der Waals surface area contributed by atoms with E-state index in [0.29, 0.717) is 12.3 Å². The number of unbranched alkanes of at least 4 members (excludes halogenated alkanes) is 9. The van der Waals surface area contributed by atoms with E-state index in [9.17, 15) is 4.79 Å². The van der Waals surface area contributed by atoms with Gasteiger partial charge in [-0.25, -0.2) is 0 Å². The van der Waals surface area contributed by atoms with Crippen molar-refractivity contribution in [3.8, 4) is 0 Å². The van der Waals surface area contributed by atoms with Crippen molar-refractivity contribution in [1.29, 1.82) is 0 Å². The minimum absolute atomic E-state index is 0.283. The van der Waals surface area contributed by atoms with E-state index < -0.39 is 5.97 Å². The molecule has 0 heterocycles. The van der Waals surface area contributed by atoms with Gasteiger partial charge in [-0.15, -0.1) is 0 Å². The van der Waals surface area contributed by atoms with Gasteiger partial charge >= 0.3 is 5.97 Å². The van der Waals surface area contributed by atoms with Gasteiger partial charge in [0, 0.05) is 0 Å². The Morgan fingerprint density at radius 3 is 1.95 bits per heavy atom. The highest BCUT2D eigenvalue weighted by molar-refractivity contribution is 5.69. The van der Waals surface area contributed by atoms with E-state index >= 15 is 0 Å². The predicted octanol–water partition coefficient (Wildman–Crippen LogP) is 5.57. The summed E-state index contributed by atoms with van der Waals surface area (Å²) in [5, 5.41) is 8.76. The largest absolute Gasteiger partial charge is 0.481 e. The first-order valence-corrected chi connectivity index (χ1v) is 8.57. The van der Waals surface area contributed by atoms with E-state index in [1.165, 1.54) is 69.8 Å². The van der Waals surface area contributed by atoms with Crippen LogP contribution < -0.4 is 0 Å². The Morgan fingerprint density at radius 2 is 1.45 bits per heavy atom. The third-order valence-electron chi connectivity index (χ3n) is 4.59. The number of rotatable bonds is 13. The maximum atomic E-state index is 10.6. The molecule has 1 fully saturated rings. The zero-order valence-corrected chi connectivity index (χ0v) is 13.2. The third kappa shape index (κ3) is 7.12. The molecule has 2 heteroatoms. The molecule has 1 saturated carbocycles. The van der Waals surface area contributed by atoms with E-state index in [4.69, 9.17) is 5.11 Å². The molecule has 0 radical (unpaired) electrons. The molecule has 1 aliphatic rings. The molecule has 0 aromatic rings. The highest BCUT2D eigenvalue weighted by Crippen LogP contribution is 2.49. The quantitative estimate of drug-likeness (QED) is 0.353. The maximum absolute atomic E-state index is 10.6. The number of aliphatic carboxylic acids is 1. The first kappa shape index (κ1) is 17.3. The van der Waals surface area contributed by atoms with Crippen LogP contribution in [-0.4, -0.2) is 11.1 Å². The SMILES string of the molecule is C=C1[C@@H](CCCCCCCCCCCC)[C@@H]1CC(=O)O. The van der Waals surface area contributed by atoms with Crippen LogP contribution in [0.15, 0.2) is 12.2 Å². The third-order valence-corrected chi connectivity index (χ3v) is 4.59. The van der Waals surface area contributed by atoms with Crippen molar-refractivity contribution in [2.45, 2.75) is 84.0 Å². The van der Waals surface area contributed by atoms with Crippen LogP contribution in [0.3, 0.4) is 0 Å². The zero-order valence-electron chi connectivity index (χ0n) is 13.2. The van der Waals surface area contributed by atoms with Crippen molar-refractivity contribution in [3.05, 3.63) is 12.2 Å². The van der Waals surface area contributed by atoms with Crippen molar-refractivity contribution in [1.82, 2.24) is 0 Å². The standard InChI is InChI=1S/C18H32O2/c1-3-4-5-6-7-8-9-10-11-12-13-16-15(2)17(16)14-18(19)20/h16-17H,2-14H2,1H3,(H,19,20)/t16-,17-/m1/s1. The van der Waals surface area contributed by atoms with Crippen molar-refractivity contribution in [2.75, 3.05) is 0 Å². The summed E-state index contributed by atoms with van der Waals surface area (Å²) >= 11 is 0. The number of hydrogen-bond donors (Lipinski definition) is 1. The highest BCUT2D eigenvalue weighted by Gasteiger charge is 2.42. The Balaban J connectivity index is 1.84. The summed E-state index contributed by atoms with van der Waals surface area (Å²) in [6, 6.07) is 0. The number of allylic oxidation sites excluding steroid dienone is 1. The summed E-state index contributed by atoms with van der Waals surface area (Å²) < 4.78 is 0. The molecule has 1 rings (SSSR count). The molecular formula is C18H32O2. The average molecular weight is 280 g/mol. The Bertz CT molecular complexity index is 296. The van der Waals surface area contributed by atoms with Crippen LogP contribution in [0.2, 0.25) is 0 Å². The lowest BCUT2D eigenvalue weighted by atomic mass is 10.0. The van der Waals surface area contributed by atoms with Crippen LogP contribution in [0.4, 0.5) is 0 Å². The Morgan fingerprint density at radius 1 is 0.950 bits per heavy atom. The topological polar surface area (TPSA) is 37.3 Å². The molecule has 0 saturated heterocycles. The second kappa shape index (κ2) is 10.0. The first-order valence-electron chi connectivity index (χ1n) is 8.57. The second-order valence-corrected chi connectivity index (χ2v) is 6.36. The number of hydrogen-bond acceptors (Lipinski definition) is 1. The van der Waals surface area contributed by atoms with Gasteiger partial charge < -0.3 is 5.11 Å². The van der Waals surface area contributed by atoms with E-state index in [1.807, 2.05) is 0 Å². The minimum atomic E-state index is -0.679. The van der Waals surface area contributed by atoms with E-state index in [0.717, 1.165) is 6.42 Å². The average Bonchev–Trinajstić information content (AvgIpc) is 3.00. The summed E-state index contributed by atoms with van der Waals surface area (Å²) in [6.45, 7) is 6.24. The molecule has 0 amide bonds. The summed E-state index contributed by atoms with van der Waals surface area (Å²) in [4.78, 5) is 10.6. The van der Waals surface area contributed by atoms with Crippen LogP contribution in [0.25, 0.3) is 0 Å². The van der Waals surface area contributed by atoms with Gasteiger partial charge in [0.1, 0.15) is 0 Å². The van der Waals surface area contributed by atoms with E-state index in [2.05, 4.69) is 13.5 Å². The zero-order chi connectivity index (χ0) is 14.8. The van der Waals surface area contributed by atoms with Crippen molar-refractivity contribution in [2.24, 2.45) is 11.8 Å². The van der Waals surface area contributed by atoms with Gasteiger partial charge in [-0.3, -0.25) is 4.79 Å². The fraction of sp³-hybridized carbons (Fsp3) is 0.833. The van der Waals surface area contributed by atoms with Gasteiger partial charge in [0.2, 0.25) is 0 Å². The number of carboxylic acid groups (broad SMARTS) is 1. The molecule has 0 spiro atoms. The summed E-state index contributed by atoms with van der Waals surface area (Å²) in [7, 11) is 0. The molecule has 20 heavy (non-hydrogen) atoms. The van der Waals surface area contributed by atoms with Crippen LogP contribution >= 0.6 is 0 Å². The van der Waals surface area contributed by atoms with Crippen LogP contribution in [-0.2, 0) is 4.79 Å². The number of carboxylic acids is 1. The van der Waals surface area contributed by atoms with Gasteiger partial charge in [0.05, 0.1) is 6.42 Å². The molecule has 1 N–H and O–H groups in total. The fourth-order valence-electron chi connectivity index (χ4n) is 3.14. The molecule has 116 valence electrons. The van der Waals surface area contributed by atoms with Gasteiger partial charge in [-0.2, -0.15) is 0 Å². The molecule has 2 nitrogen and oxygen atoms in total. The van der Waals surface area contributed by atoms with Gasteiger partial charge in [-0.05, 0) is 18.3 Å². The number of carbonyl (C=O) groups is 1. The molecule has 0 unspecified atom stereocenters. The Labute approximate surface area is 124 Å². The van der Waals surface area contributed by atoms with Crippen LogP contribution in [0.1, 0.15) is 84.0 Å². The van der Waals surface area contributed by atoms with E-state index in [1.54, 1.807) is 0 Å². The molecular weight excluding hydrogens is 248 g/mol. The van der Waals surface area contributed by atoms with Crippen LogP contribution in [0.5, 0.6) is 0 Å². The highest BCUT2D eigenvalue weighted by atomic mass is 16.4. The normalized spacial score (nSPS) is 21.1. The van der Waals surface area contributed by atoms with Crippen LogP contribution in [0, 0.1) is 11.8 Å². The van der Waals surface area contributed by atoms with Crippen molar-refractivity contribution < 1.29 is 9.90 Å². The van der Waals surface area contributed by atoms with Gasteiger partial charge in [0.25, 0.3) is 0 Å². The van der Waals surface area contributed by atoms with E-state index in [-0.39, 0.29) is 5.92 Å². The van der Waals surface area contributed by atoms with Gasteiger partial charge in [-0.1, -0.05) is 83.3 Å². The smallest absolute Gasteiger partial charge is 0.303 e. The summed E-state index contributed by atoms with van der Waals surface area (Å²) in [5.41, 5.74) is 1.18. The second-order valence-electron chi connectivity index (χ2n) is 6.36. The lowest BCUT2D eigenvalue weighted by Crippen LogP contribution is -1.97. The molecule has 1 aliphatic carbocycles. The first-order chi connectivity index (χ1) is 9.66. The lowest BCUT2D eigenvalue weighted by molar-refractivity contribution is -0.137. The molecule has 2 atom stereocenters. The maximum Gasteiger partial charge on any atom is 0.303 e. The minimum Gasteiger partial charge on any atom is -0.481 e. The molecule has 0 bridgehead atoms. The lowest BCUT2D eigenvalue weighted by Gasteiger charge is -2.02. The molecule has 0 aromatic heterocycles. The molecule has 0 aromatic carbocycles. The van der Waals surface area contributed by atoms with Crippen molar-refractivity contribution in [3.63, 3.8) is 0 Å². The predicted molar refractivity (Wildman–Crippen MR) is 84.8 cm³/mol. The fourth-order valence-corrected chi connectivity index (χ4v) is 3.14. The Hall–Kier alpha value is -0.790.